The molecule has 1 amide bonds. The van der Waals surface area contributed by atoms with E-state index in [-0.39, 0.29) is 11.9 Å². The van der Waals surface area contributed by atoms with Crippen molar-refractivity contribution in [3.8, 4) is 0 Å². The number of aryl methyl sites for hydroxylation is 1. The van der Waals surface area contributed by atoms with Gasteiger partial charge in [0.1, 0.15) is 5.69 Å². The third-order valence-electron chi connectivity index (χ3n) is 3.52. The van der Waals surface area contributed by atoms with Crippen LogP contribution < -0.4 is 5.32 Å². The first-order valence-electron chi connectivity index (χ1n) is 6.83. The smallest absolute Gasteiger partial charge is 0.271 e. The summed E-state index contributed by atoms with van der Waals surface area (Å²) < 4.78 is 1.65. The maximum atomic E-state index is 12.0. The molecule has 0 saturated carbocycles. The second-order valence-corrected chi connectivity index (χ2v) is 5.04. The molecule has 5 nitrogen and oxygen atoms in total. The van der Waals surface area contributed by atoms with E-state index in [0.29, 0.717) is 5.69 Å². The lowest BCUT2D eigenvalue weighted by Crippen LogP contribution is -2.44. The quantitative estimate of drug-likeness (QED) is 0.811. The Morgan fingerprint density at radius 1 is 1.58 bits per heavy atom. The van der Waals surface area contributed by atoms with E-state index in [1.165, 1.54) is 0 Å². The van der Waals surface area contributed by atoms with E-state index < -0.39 is 0 Å². The standard InChI is InChI=1S/C14H22N4O/c1-3-4-8-18-10-5-12(6-11-18)15-14(19)13-7-9-17(2)16-13/h3,7,9,12H,1,4-6,8,10-11H2,2H3,(H,15,19). The Bertz CT molecular complexity index is 432. The minimum absolute atomic E-state index is 0.0647. The first-order valence-corrected chi connectivity index (χ1v) is 6.83. The number of carbonyl (C=O) groups excluding carboxylic acids is 1. The van der Waals surface area contributed by atoms with Gasteiger partial charge < -0.3 is 10.2 Å². The van der Waals surface area contributed by atoms with E-state index in [0.717, 1.165) is 38.9 Å². The summed E-state index contributed by atoms with van der Waals surface area (Å²) in [5.41, 5.74) is 0.497. The molecular formula is C14H22N4O. The molecule has 2 heterocycles. The van der Waals surface area contributed by atoms with Crippen LogP contribution in [-0.4, -0.2) is 46.3 Å². The van der Waals surface area contributed by atoms with Gasteiger partial charge in [0.2, 0.25) is 0 Å². The van der Waals surface area contributed by atoms with Crippen LogP contribution in [0.15, 0.2) is 24.9 Å². The Balaban J connectivity index is 1.76. The number of rotatable bonds is 5. The predicted molar refractivity (Wildman–Crippen MR) is 75.0 cm³/mol. The minimum Gasteiger partial charge on any atom is -0.348 e. The largest absolute Gasteiger partial charge is 0.348 e. The van der Waals surface area contributed by atoms with Crippen molar-refractivity contribution in [2.24, 2.45) is 7.05 Å². The minimum atomic E-state index is -0.0647. The van der Waals surface area contributed by atoms with Crippen LogP contribution in [0.3, 0.4) is 0 Å². The second-order valence-electron chi connectivity index (χ2n) is 5.04. The average molecular weight is 262 g/mol. The number of nitrogens with one attached hydrogen (secondary N) is 1. The van der Waals surface area contributed by atoms with E-state index in [9.17, 15) is 4.79 Å². The SMILES string of the molecule is C=CCCN1CCC(NC(=O)c2ccn(C)n2)CC1. The highest BCUT2D eigenvalue weighted by atomic mass is 16.2. The summed E-state index contributed by atoms with van der Waals surface area (Å²) in [4.78, 5) is 14.4. The molecule has 1 saturated heterocycles. The fourth-order valence-electron chi connectivity index (χ4n) is 2.37. The Hall–Kier alpha value is -1.62. The molecule has 1 aliphatic rings. The fourth-order valence-corrected chi connectivity index (χ4v) is 2.37. The zero-order valence-corrected chi connectivity index (χ0v) is 11.5. The monoisotopic (exact) mass is 262 g/mol. The molecule has 0 aromatic carbocycles. The molecule has 0 spiro atoms. The van der Waals surface area contributed by atoms with Gasteiger partial charge in [-0.3, -0.25) is 9.48 Å². The topological polar surface area (TPSA) is 50.2 Å². The van der Waals surface area contributed by atoms with Crippen molar-refractivity contribution in [2.45, 2.75) is 25.3 Å². The Morgan fingerprint density at radius 2 is 2.32 bits per heavy atom. The van der Waals surface area contributed by atoms with Gasteiger partial charge in [-0.05, 0) is 25.3 Å². The molecule has 5 heteroatoms. The summed E-state index contributed by atoms with van der Waals surface area (Å²) in [5.74, 6) is -0.0647. The molecule has 1 aliphatic heterocycles. The highest BCUT2D eigenvalue weighted by molar-refractivity contribution is 5.92. The number of carbonyl (C=O) groups is 1. The number of hydrogen-bond acceptors (Lipinski definition) is 3. The van der Waals surface area contributed by atoms with Gasteiger partial charge in [0, 0.05) is 38.9 Å². The van der Waals surface area contributed by atoms with Crippen LogP contribution in [0.4, 0.5) is 0 Å². The van der Waals surface area contributed by atoms with Crippen molar-refractivity contribution in [3.05, 3.63) is 30.6 Å². The van der Waals surface area contributed by atoms with Crippen LogP contribution in [0, 0.1) is 0 Å². The molecule has 0 radical (unpaired) electrons. The van der Waals surface area contributed by atoms with Crippen molar-refractivity contribution in [2.75, 3.05) is 19.6 Å². The van der Waals surface area contributed by atoms with Crippen molar-refractivity contribution >= 4 is 5.91 Å². The summed E-state index contributed by atoms with van der Waals surface area (Å²) >= 11 is 0. The molecule has 1 aromatic rings. The lowest BCUT2D eigenvalue weighted by Gasteiger charge is -2.31. The van der Waals surface area contributed by atoms with Crippen LogP contribution >= 0.6 is 0 Å². The predicted octanol–water partition coefficient (Wildman–Crippen LogP) is 1.19. The maximum Gasteiger partial charge on any atom is 0.271 e. The average Bonchev–Trinajstić information content (AvgIpc) is 2.85. The van der Waals surface area contributed by atoms with Gasteiger partial charge >= 0.3 is 0 Å². The molecule has 0 unspecified atom stereocenters. The summed E-state index contributed by atoms with van der Waals surface area (Å²) in [7, 11) is 1.81. The van der Waals surface area contributed by atoms with Gasteiger partial charge in [0.25, 0.3) is 5.91 Å². The summed E-state index contributed by atoms with van der Waals surface area (Å²) in [6, 6.07) is 2.02. The van der Waals surface area contributed by atoms with Crippen LogP contribution in [0.5, 0.6) is 0 Å². The molecule has 0 bridgehead atoms. The maximum absolute atomic E-state index is 12.0. The molecular weight excluding hydrogens is 240 g/mol. The zero-order chi connectivity index (χ0) is 13.7. The number of amides is 1. The molecule has 0 aliphatic carbocycles. The van der Waals surface area contributed by atoms with E-state index in [1.54, 1.807) is 16.9 Å². The molecule has 1 fully saturated rings. The van der Waals surface area contributed by atoms with Gasteiger partial charge in [0.05, 0.1) is 0 Å². The van der Waals surface area contributed by atoms with Crippen LogP contribution in [0.2, 0.25) is 0 Å². The van der Waals surface area contributed by atoms with Crippen LogP contribution in [-0.2, 0) is 7.05 Å². The van der Waals surface area contributed by atoms with Crippen LogP contribution in [0.25, 0.3) is 0 Å². The highest BCUT2D eigenvalue weighted by Crippen LogP contribution is 2.11. The molecule has 19 heavy (non-hydrogen) atoms. The lowest BCUT2D eigenvalue weighted by atomic mass is 10.0. The highest BCUT2D eigenvalue weighted by Gasteiger charge is 2.21. The fraction of sp³-hybridized carbons (Fsp3) is 0.571. The van der Waals surface area contributed by atoms with E-state index in [2.05, 4.69) is 21.9 Å². The molecule has 1 N–H and O–H groups in total. The number of nitrogens with zero attached hydrogens (tertiary/aromatic N) is 3. The first kappa shape index (κ1) is 13.8. The van der Waals surface area contributed by atoms with Crippen molar-refractivity contribution in [1.82, 2.24) is 20.0 Å². The third-order valence-corrected chi connectivity index (χ3v) is 3.52. The molecule has 104 valence electrons. The van der Waals surface area contributed by atoms with E-state index in [4.69, 9.17) is 0 Å². The van der Waals surface area contributed by atoms with Crippen molar-refractivity contribution < 1.29 is 4.79 Å². The second kappa shape index (κ2) is 6.52. The van der Waals surface area contributed by atoms with Gasteiger partial charge in [-0.15, -0.1) is 6.58 Å². The van der Waals surface area contributed by atoms with Crippen molar-refractivity contribution in [1.29, 1.82) is 0 Å². The Morgan fingerprint density at radius 3 is 2.89 bits per heavy atom. The molecule has 1 aromatic heterocycles. The summed E-state index contributed by atoms with van der Waals surface area (Å²) in [5, 5.41) is 7.18. The normalized spacial score (nSPS) is 17.3. The van der Waals surface area contributed by atoms with Gasteiger partial charge in [-0.1, -0.05) is 6.08 Å². The zero-order valence-electron chi connectivity index (χ0n) is 11.5. The van der Waals surface area contributed by atoms with Gasteiger partial charge in [0.15, 0.2) is 0 Å². The Labute approximate surface area is 114 Å². The third kappa shape index (κ3) is 3.92. The number of piperidine rings is 1. The van der Waals surface area contributed by atoms with Gasteiger partial charge in [-0.2, -0.15) is 5.10 Å². The molecule has 2 rings (SSSR count). The Kier molecular flexibility index (Phi) is 4.74. The molecule has 0 atom stereocenters. The van der Waals surface area contributed by atoms with E-state index in [1.807, 2.05) is 13.1 Å². The summed E-state index contributed by atoms with van der Waals surface area (Å²) in [6.45, 7) is 6.90. The lowest BCUT2D eigenvalue weighted by molar-refractivity contribution is 0.0906. The number of hydrogen-bond donors (Lipinski definition) is 1. The van der Waals surface area contributed by atoms with Gasteiger partial charge in [-0.25, -0.2) is 0 Å². The number of likely N-dealkylation sites (tertiary alicyclic amines) is 1. The van der Waals surface area contributed by atoms with Crippen molar-refractivity contribution in [3.63, 3.8) is 0 Å². The first-order chi connectivity index (χ1) is 9.19. The number of aromatic nitrogens is 2. The van der Waals surface area contributed by atoms with Crippen LogP contribution in [0.1, 0.15) is 29.8 Å². The summed E-state index contributed by atoms with van der Waals surface area (Å²) in [6.07, 6.45) is 6.79. The van der Waals surface area contributed by atoms with E-state index >= 15 is 0 Å².